The summed E-state index contributed by atoms with van der Waals surface area (Å²) in [6.45, 7) is 1.86. The van der Waals surface area contributed by atoms with E-state index in [1.54, 1.807) is 25.1 Å². The highest BCUT2D eigenvalue weighted by atomic mass is 32.1. The number of anilines is 1. The van der Waals surface area contributed by atoms with Crippen molar-refractivity contribution in [2.75, 3.05) is 11.9 Å². The third kappa shape index (κ3) is 3.67. The van der Waals surface area contributed by atoms with Gasteiger partial charge in [0.25, 0.3) is 5.69 Å². The van der Waals surface area contributed by atoms with E-state index in [1.807, 2.05) is 12.1 Å². The number of nitrogens with one attached hydrogen (secondary N) is 2. The molecule has 2 rings (SSSR count). The molecule has 0 aliphatic carbocycles. The van der Waals surface area contributed by atoms with E-state index in [4.69, 9.17) is 12.2 Å². The molecule has 2 aromatic carbocycles. The minimum absolute atomic E-state index is 0.0724. The van der Waals surface area contributed by atoms with Crippen LogP contribution in [0.4, 0.5) is 16.2 Å². The van der Waals surface area contributed by atoms with Crippen molar-refractivity contribution >= 4 is 45.6 Å². The predicted molar refractivity (Wildman–Crippen MR) is 87.0 cm³/mol. The Balaban J connectivity index is 2.29. The average molecular weight is 319 g/mol. The Morgan fingerprint density at radius 3 is 2.55 bits per heavy atom. The molecule has 0 bridgehead atoms. The molecule has 0 unspecified atom stereocenters. The Bertz CT molecular complexity index is 748. The molecule has 0 saturated carbocycles. The topological polar surface area (TPSA) is 93.5 Å². The molecule has 114 valence electrons. The summed E-state index contributed by atoms with van der Waals surface area (Å²) < 4.78 is 4.69. The van der Waals surface area contributed by atoms with Gasteiger partial charge >= 0.3 is 6.09 Å². The van der Waals surface area contributed by atoms with Crippen LogP contribution < -0.4 is 10.6 Å². The van der Waals surface area contributed by atoms with Gasteiger partial charge in [0.2, 0.25) is 0 Å². The quantitative estimate of drug-likeness (QED) is 0.512. The van der Waals surface area contributed by atoms with Gasteiger partial charge in [0, 0.05) is 6.07 Å². The number of thiocarbonyl (C=S) groups is 1. The molecule has 0 saturated heterocycles. The highest BCUT2D eigenvalue weighted by Crippen LogP contribution is 2.30. The van der Waals surface area contributed by atoms with Crippen molar-refractivity contribution in [3.63, 3.8) is 0 Å². The highest BCUT2D eigenvalue weighted by Gasteiger charge is 2.17. The van der Waals surface area contributed by atoms with Crippen LogP contribution in [0.5, 0.6) is 0 Å². The lowest BCUT2D eigenvalue weighted by Gasteiger charge is -2.10. The van der Waals surface area contributed by atoms with Crippen LogP contribution in [0.25, 0.3) is 10.8 Å². The summed E-state index contributed by atoms with van der Waals surface area (Å²) >= 11 is 4.95. The van der Waals surface area contributed by atoms with Crippen molar-refractivity contribution in [3.8, 4) is 0 Å². The summed E-state index contributed by atoms with van der Waals surface area (Å²) in [6.07, 6.45) is -0.719. The first-order valence-electron chi connectivity index (χ1n) is 6.43. The fourth-order valence-electron chi connectivity index (χ4n) is 1.89. The van der Waals surface area contributed by atoms with Gasteiger partial charge in [0.05, 0.1) is 11.5 Å². The van der Waals surface area contributed by atoms with E-state index in [9.17, 15) is 14.9 Å². The van der Waals surface area contributed by atoms with Crippen molar-refractivity contribution in [2.24, 2.45) is 0 Å². The number of benzene rings is 2. The third-order valence-corrected chi connectivity index (χ3v) is 3.00. The SMILES string of the molecule is CCOC(=O)NC(=S)Nc1cc2ccccc2cc1[N+](=O)[O-]. The smallest absolute Gasteiger partial charge is 0.413 e. The Kier molecular flexibility index (Phi) is 4.84. The summed E-state index contributed by atoms with van der Waals surface area (Å²) in [4.78, 5) is 21.9. The monoisotopic (exact) mass is 319 g/mol. The Morgan fingerprint density at radius 1 is 1.32 bits per heavy atom. The maximum Gasteiger partial charge on any atom is 0.413 e. The molecule has 0 radical (unpaired) electrons. The van der Waals surface area contributed by atoms with Crippen LogP contribution in [-0.2, 0) is 4.74 Å². The average Bonchev–Trinajstić information content (AvgIpc) is 2.46. The molecular weight excluding hydrogens is 306 g/mol. The summed E-state index contributed by atoms with van der Waals surface area (Å²) in [5.74, 6) is 0. The zero-order valence-corrected chi connectivity index (χ0v) is 12.5. The number of fused-ring (bicyclic) bond motifs is 1. The number of hydrogen-bond acceptors (Lipinski definition) is 5. The predicted octanol–water partition coefficient (Wildman–Crippen LogP) is 3.19. The minimum Gasteiger partial charge on any atom is -0.450 e. The van der Waals surface area contributed by atoms with Gasteiger partial charge in [-0.15, -0.1) is 0 Å². The van der Waals surface area contributed by atoms with E-state index in [-0.39, 0.29) is 23.1 Å². The maximum absolute atomic E-state index is 11.3. The van der Waals surface area contributed by atoms with Gasteiger partial charge in [-0.05, 0) is 36.0 Å². The number of nitro benzene ring substituents is 1. The zero-order chi connectivity index (χ0) is 16.1. The van der Waals surface area contributed by atoms with Gasteiger partial charge in [0.1, 0.15) is 5.69 Å². The summed E-state index contributed by atoms with van der Waals surface area (Å²) in [5.41, 5.74) is 0.0669. The largest absolute Gasteiger partial charge is 0.450 e. The summed E-state index contributed by atoms with van der Waals surface area (Å²) in [6, 6.07) is 10.3. The van der Waals surface area contributed by atoms with Crippen LogP contribution in [0.3, 0.4) is 0 Å². The lowest BCUT2D eigenvalue weighted by molar-refractivity contribution is -0.383. The van der Waals surface area contributed by atoms with Gasteiger partial charge in [0.15, 0.2) is 5.11 Å². The van der Waals surface area contributed by atoms with Crippen LogP contribution in [0.15, 0.2) is 36.4 Å². The van der Waals surface area contributed by atoms with Crippen molar-refractivity contribution < 1.29 is 14.5 Å². The molecule has 0 aromatic heterocycles. The lowest BCUT2D eigenvalue weighted by Crippen LogP contribution is -2.34. The van der Waals surface area contributed by atoms with Gasteiger partial charge < -0.3 is 10.1 Å². The first-order chi connectivity index (χ1) is 10.5. The van der Waals surface area contributed by atoms with E-state index >= 15 is 0 Å². The standard InChI is InChI=1S/C14H13N3O4S/c1-2-21-14(18)16-13(22)15-11-7-9-5-3-4-6-10(9)8-12(11)17(19)20/h3-8H,2H2,1H3,(H2,15,16,18,22). The highest BCUT2D eigenvalue weighted by molar-refractivity contribution is 7.80. The van der Waals surface area contributed by atoms with Gasteiger partial charge in [-0.25, -0.2) is 4.79 Å². The molecule has 0 spiro atoms. The second-order valence-electron chi connectivity index (χ2n) is 4.27. The molecule has 0 atom stereocenters. The summed E-state index contributed by atoms with van der Waals surface area (Å²) in [7, 11) is 0. The number of hydrogen-bond donors (Lipinski definition) is 2. The molecule has 8 heteroatoms. The van der Waals surface area contributed by atoms with E-state index in [1.165, 1.54) is 6.07 Å². The fourth-order valence-corrected chi connectivity index (χ4v) is 2.09. The third-order valence-electron chi connectivity index (χ3n) is 2.80. The number of ether oxygens (including phenoxy) is 1. The number of nitro groups is 1. The molecule has 22 heavy (non-hydrogen) atoms. The van der Waals surface area contributed by atoms with Crippen LogP contribution in [-0.4, -0.2) is 22.7 Å². The minimum atomic E-state index is -0.719. The molecule has 0 aliphatic heterocycles. The molecule has 2 aromatic rings. The van der Waals surface area contributed by atoms with E-state index < -0.39 is 11.0 Å². The molecular formula is C14H13N3O4S. The summed E-state index contributed by atoms with van der Waals surface area (Å²) in [5, 5.41) is 17.6. The normalized spacial score (nSPS) is 10.0. The number of alkyl carbamates (subject to hydrolysis) is 1. The van der Waals surface area contributed by atoms with Crippen LogP contribution in [0, 0.1) is 10.1 Å². The molecule has 0 heterocycles. The van der Waals surface area contributed by atoms with E-state index in [0.717, 1.165) is 10.8 Å². The van der Waals surface area contributed by atoms with Crippen molar-refractivity contribution in [1.82, 2.24) is 5.32 Å². The first-order valence-corrected chi connectivity index (χ1v) is 6.84. The Hall–Kier alpha value is -2.74. The maximum atomic E-state index is 11.3. The second-order valence-corrected chi connectivity index (χ2v) is 4.68. The fraction of sp³-hybridized carbons (Fsp3) is 0.143. The molecule has 0 fully saturated rings. The zero-order valence-electron chi connectivity index (χ0n) is 11.7. The van der Waals surface area contributed by atoms with Crippen LogP contribution >= 0.6 is 12.2 Å². The number of amides is 1. The van der Waals surface area contributed by atoms with Crippen LogP contribution in [0.2, 0.25) is 0 Å². The van der Waals surface area contributed by atoms with Gasteiger partial charge in [-0.3, -0.25) is 15.4 Å². The number of carbonyl (C=O) groups excluding carboxylic acids is 1. The van der Waals surface area contributed by atoms with Gasteiger partial charge in [-0.1, -0.05) is 24.3 Å². The van der Waals surface area contributed by atoms with Gasteiger partial charge in [-0.2, -0.15) is 0 Å². The molecule has 0 aliphatic rings. The molecule has 7 nitrogen and oxygen atoms in total. The molecule has 2 N–H and O–H groups in total. The van der Waals surface area contributed by atoms with E-state index in [2.05, 4.69) is 15.4 Å². The second kappa shape index (κ2) is 6.81. The number of carbonyl (C=O) groups is 1. The Morgan fingerprint density at radius 2 is 1.95 bits per heavy atom. The van der Waals surface area contributed by atoms with E-state index in [0.29, 0.717) is 0 Å². The first kappa shape index (κ1) is 15.6. The van der Waals surface area contributed by atoms with Crippen molar-refractivity contribution in [2.45, 2.75) is 6.92 Å². The Labute approximate surface area is 131 Å². The molecule has 1 amide bonds. The number of rotatable bonds is 3. The van der Waals surface area contributed by atoms with Crippen molar-refractivity contribution in [3.05, 3.63) is 46.5 Å². The number of nitrogens with zero attached hydrogens (tertiary/aromatic N) is 1. The van der Waals surface area contributed by atoms with Crippen molar-refractivity contribution in [1.29, 1.82) is 0 Å². The lowest BCUT2D eigenvalue weighted by atomic mass is 10.1. The van der Waals surface area contributed by atoms with Crippen LogP contribution in [0.1, 0.15) is 6.92 Å².